The first kappa shape index (κ1) is 25.8. The van der Waals surface area contributed by atoms with Gasteiger partial charge in [0.1, 0.15) is 0 Å². The largest absolute Gasteiger partial charge is 0.407 e. The van der Waals surface area contributed by atoms with Crippen LogP contribution >= 0.6 is 0 Å². The van der Waals surface area contributed by atoms with E-state index in [1.165, 1.54) is 48.9 Å². The van der Waals surface area contributed by atoms with Crippen molar-refractivity contribution in [3.63, 3.8) is 0 Å². The average Bonchev–Trinajstić information content (AvgIpc) is 2.78. The van der Waals surface area contributed by atoms with Gasteiger partial charge in [-0.25, -0.2) is 0 Å². The molecule has 2 aromatic rings. The van der Waals surface area contributed by atoms with E-state index in [1.54, 1.807) is 0 Å². The molecule has 0 fully saturated rings. The SMILES string of the molecule is CCCCCCCCCO[Si](OC(C(C)C)C(C)C)(c1ccccc1)c1ccccc1. The Balaban J connectivity index is 2.26. The fourth-order valence-electron chi connectivity index (χ4n) is 4.33. The molecule has 0 saturated carbocycles. The van der Waals surface area contributed by atoms with Crippen LogP contribution in [0.15, 0.2) is 60.7 Å². The standard InChI is InChI=1S/C28H44O2Si/c1-6-7-8-9-10-11-18-23-29-31(26-19-14-12-15-20-26,27-21-16-13-17-22-27)30-28(24(2)3)25(4)5/h12-17,19-22,24-25,28H,6-11,18,23H2,1-5H3. The Kier molecular flexibility index (Phi) is 11.6. The lowest BCUT2D eigenvalue weighted by Crippen LogP contribution is -2.65. The third kappa shape index (κ3) is 7.89. The van der Waals surface area contributed by atoms with Crippen LogP contribution in [0.1, 0.15) is 79.6 Å². The van der Waals surface area contributed by atoms with Crippen LogP contribution in [-0.2, 0) is 8.85 Å². The maximum absolute atomic E-state index is 7.11. The summed E-state index contributed by atoms with van der Waals surface area (Å²) in [6, 6.07) is 21.4. The van der Waals surface area contributed by atoms with Crippen LogP contribution in [0.2, 0.25) is 0 Å². The first-order valence-corrected chi connectivity index (χ1v) is 14.3. The first-order chi connectivity index (χ1) is 15.0. The topological polar surface area (TPSA) is 18.5 Å². The number of hydrogen-bond acceptors (Lipinski definition) is 2. The fraction of sp³-hybridized carbons (Fsp3) is 0.571. The van der Waals surface area contributed by atoms with Crippen molar-refractivity contribution in [3.8, 4) is 0 Å². The average molecular weight is 441 g/mol. The summed E-state index contributed by atoms with van der Waals surface area (Å²) in [6.45, 7) is 12.1. The van der Waals surface area contributed by atoms with E-state index in [0.717, 1.165) is 13.0 Å². The Morgan fingerprint density at radius 2 is 1.10 bits per heavy atom. The van der Waals surface area contributed by atoms with Crippen molar-refractivity contribution >= 4 is 18.9 Å². The van der Waals surface area contributed by atoms with Crippen molar-refractivity contribution in [3.05, 3.63) is 60.7 Å². The maximum Gasteiger partial charge on any atom is 0.407 e. The minimum Gasteiger partial charge on any atom is -0.388 e. The third-order valence-corrected chi connectivity index (χ3v) is 9.38. The molecule has 0 aliphatic heterocycles. The van der Waals surface area contributed by atoms with E-state index in [2.05, 4.69) is 95.3 Å². The predicted octanol–water partition coefficient (Wildman–Crippen LogP) is 6.71. The minimum atomic E-state index is -2.82. The second kappa shape index (κ2) is 13.9. The quantitative estimate of drug-likeness (QED) is 0.226. The van der Waals surface area contributed by atoms with Crippen LogP contribution in [-0.4, -0.2) is 21.3 Å². The van der Waals surface area contributed by atoms with Crippen molar-refractivity contribution in [2.45, 2.75) is 85.7 Å². The zero-order valence-corrected chi connectivity index (χ0v) is 21.5. The Morgan fingerprint density at radius 3 is 1.55 bits per heavy atom. The molecule has 0 aliphatic carbocycles. The summed E-state index contributed by atoms with van der Waals surface area (Å²) >= 11 is 0. The number of rotatable bonds is 15. The molecule has 31 heavy (non-hydrogen) atoms. The fourth-order valence-corrected chi connectivity index (χ4v) is 7.96. The van der Waals surface area contributed by atoms with Crippen LogP contribution in [0.3, 0.4) is 0 Å². The van der Waals surface area contributed by atoms with Crippen LogP contribution in [0.5, 0.6) is 0 Å². The Hall–Kier alpha value is -1.42. The van der Waals surface area contributed by atoms with Gasteiger partial charge in [-0.2, -0.15) is 0 Å². The van der Waals surface area contributed by atoms with E-state index in [1.807, 2.05) is 0 Å². The van der Waals surface area contributed by atoms with Gasteiger partial charge in [-0.3, -0.25) is 0 Å². The summed E-state index contributed by atoms with van der Waals surface area (Å²) in [4.78, 5) is 0. The molecule has 0 aliphatic rings. The summed E-state index contributed by atoms with van der Waals surface area (Å²) < 4.78 is 14.0. The van der Waals surface area contributed by atoms with Gasteiger partial charge in [0, 0.05) is 6.61 Å². The maximum atomic E-state index is 7.11. The van der Waals surface area contributed by atoms with E-state index in [9.17, 15) is 0 Å². The third-order valence-electron chi connectivity index (χ3n) is 5.98. The highest BCUT2D eigenvalue weighted by Crippen LogP contribution is 2.23. The van der Waals surface area contributed by atoms with Crippen LogP contribution in [0.4, 0.5) is 0 Å². The van der Waals surface area contributed by atoms with Gasteiger partial charge in [0.2, 0.25) is 0 Å². The van der Waals surface area contributed by atoms with Crippen molar-refractivity contribution < 1.29 is 8.85 Å². The Bertz CT molecular complexity index is 652. The van der Waals surface area contributed by atoms with Gasteiger partial charge in [0.15, 0.2) is 0 Å². The first-order valence-electron chi connectivity index (χ1n) is 12.4. The highest BCUT2D eigenvalue weighted by atomic mass is 28.4. The summed E-state index contributed by atoms with van der Waals surface area (Å²) in [5.41, 5.74) is 0. The van der Waals surface area contributed by atoms with E-state index < -0.39 is 8.56 Å². The molecular weight excluding hydrogens is 396 g/mol. The zero-order chi connectivity index (χ0) is 22.5. The zero-order valence-electron chi connectivity index (χ0n) is 20.5. The second-order valence-electron chi connectivity index (χ2n) is 9.39. The van der Waals surface area contributed by atoms with Gasteiger partial charge in [-0.1, -0.05) is 134 Å². The molecule has 0 N–H and O–H groups in total. The monoisotopic (exact) mass is 440 g/mol. The molecule has 0 aromatic heterocycles. The minimum absolute atomic E-state index is 0.154. The van der Waals surface area contributed by atoms with Gasteiger partial charge in [-0.05, 0) is 28.6 Å². The van der Waals surface area contributed by atoms with Crippen molar-refractivity contribution in [2.75, 3.05) is 6.61 Å². The number of unbranched alkanes of at least 4 members (excludes halogenated alkanes) is 6. The molecule has 3 heteroatoms. The lowest BCUT2D eigenvalue weighted by molar-refractivity contribution is 0.0630. The summed E-state index contributed by atoms with van der Waals surface area (Å²) in [5, 5.41) is 2.41. The van der Waals surface area contributed by atoms with Crippen molar-refractivity contribution in [2.24, 2.45) is 11.8 Å². The molecule has 0 atom stereocenters. The van der Waals surface area contributed by atoms with E-state index >= 15 is 0 Å². The molecule has 0 radical (unpaired) electrons. The smallest absolute Gasteiger partial charge is 0.388 e. The highest BCUT2D eigenvalue weighted by Gasteiger charge is 2.45. The lowest BCUT2D eigenvalue weighted by atomic mass is 9.97. The number of benzene rings is 2. The Morgan fingerprint density at radius 1 is 0.645 bits per heavy atom. The molecule has 2 nitrogen and oxygen atoms in total. The summed E-state index contributed by atoms with van der Waals surface area (Å²) in [7, 11) is -2.82. The molecular formula is C28H44O2Si. The normalized spacial score (nSPS) is 12.3. The van der Waals surface area contributed by atoms with Gasteiger partial charge < -0.3 is 8.85 Å². The highest BCUT2D eigenvalue weighted by molar-refractivity contribution is 6.92. The molecule has 2 rings (SSSR count). The van der Waals surface area contributed by atoms with E-state index in [4.69, 9.17) is 8.85 Å². The molecule has 0 amide bonds. The second-order valence-corrected chi connectivity index (χ2v) is 12.3. The Labute approximate surface area is 192 Å². The number of hydrogen-bond donors (Lipinski definition) is 0. The molecule has 0 saturated heterocycles. The molecule has 0 heterocycles. The van der Waals surface area contributed by atoms with Gasteiger partial charge >= 0.3 is 8.56 Å². The van der Waals surface area contributed by atoms with E-state index in [-0.39, 0.29) is 6.10 Å². The molecule has 0 bridgehead atoms. The van der Waals surface area contributed by atoms with Crippen LogP contribution < -0.4 is 10.4 Å². The van der Waals surface area contributed by atoms with Gasteiger partial charge in [0.05, 0.1) is 6.10 Å². The van der Waals surface area contributed by atoms with Crippen molar-refractivity contribution in [1.82, 2.24) is 0 Å². The lowest BCUT2D eigenvalue weighted by Gasteiger charge is -2.38. The van der Waals surface area contributed by atoms with Crippen LogP contribution in [0, 0.1) is 11.8 Å². The van der Waals surface area contributed by atoms with Gasteiger partial charge in [0.25, 0.3) is 0 Å². The van der Waals surface area contributed by atoms with Gasteiger partial charge in [-0.15, -0.1) is 0 Å². The molecule has 0 unspecified atom stereocenters. The molecule has 172 valence electrons. The summed E-state index contributed by atoms with van der Waals surface area (Å²) in [5.74, 6) is 0.864. The molecule has 0 spiro atoms. The van der Waals surface area contributed by atoms with Crippen molar-refractivity contribution in [1.29, 1.82) is 0 Å². The molecule has 2 aromatic carbocycles. The van der Waals surface area contributed by atoms with Crippen LogP contribution in [0.25, 0.3) is 0 Å². The predicted molar refractivity (Wildman–Crippen MR) is 136 cm³/mol. The van der Waals surface area contributed by atoms with E-state index in [0.29, 0.717) is 11.8 Å². The summed E-state index contributed by atoms with van der Waals surface area (Å²) in [6.07, 6.45) is 9.14.